The van der Waals surface area contributed by atoms with Gasteiger partial charge in [-0.15, -0.1) is 0 Å². The van der Waals surface area contributed by atoms with E-state index in [1.807, 2.05) is 29.2 Å². The number of hydrogen-bond acceptors (Lipinski definition) is 3. The van der Waals surface area contributed by atoms with Crippen molar-refractivity contribution < 1.29 is 4.79 Å². The van der Waals surface area contributed by atoms with E-state index in [-0.39, 0.29) is 11.3 Å². The van der Waals surface area contributed by atoms with E-state index in [0.717, 1.165) is 24.2 Å². The Bertz CT molecular complexity index is 546. The van der Waals surface area contributed by atoms with E-state index in [9.17, 15) is 4.79 Å². The first-order valence-corrected chi connectivity index (χ1v) is 7.41. The average molecular weight is 285 g/mol. The van der Waals surface area contributed by atoms with E-state index < -0.39 is 0 Å². The Labute approximate surface area is 127 Å². The van der Waals surface area contributed by atoms with E-state index in [2.05, 4.69) is 31.7 Å². The number of carbonyl (C=O) groups excluding carboxylic acids is 1. The monoisotopic (exact) mass is 285 g/mol. The average Bonchev–Trinajstić information content (AvgIpc) is 2.47. The summed E-state index contributed by atoms with van der Waals surface area (Å²) >= 11 is 0. The predicted octanol–water partition coefficient (Wildman–Crippen LogP) is 2.27. The number of nitrogens with zero attached hydrogens (tertiary/aromatic N) is 3. The number of benzene rings is 1. The fraction of sp³-hybridized carbons (Fsp3) is 0.529. The van der Waals surface area contributed by atoms with Gasteiger partial charge in [0.15, 0.2) is 0 Å². The summed E-state index contributed by atoms with van der Waals surface area (Å²) < 4.78 is 0. The zero-order valence-corrected chi connectivity index (χ0v) is 13.1. The zero-order valence-electron chi connectivity index (χ0n) is 13.1. The number of nitriles is 1. The van der Waals surface area contributed by atoms with E-state index >= 15 is 0 Å². The molecule has 21 heavy (non-hydrogen) atoms. The summed E-state index contributed by atoms with van der Waals surface area (Å²) in [7, 11) is 0. The second-order valence-electron chi connectivity index (χ2n) is 6.52. The van der Waals surface area contributed by atoms with Crippen LogP contribution >= 0.6 is 0 Å². The maximum atomic E-state index is 12.8. The largest absolute Gasteiger partial charge is 0.336 e. The first-order chi connectivity index (χ1) is 9.93. The van der Waals surface area contributed by atoms with Gasteiger partial charge in [0, 0.05) is 31.7 Å². The van der Waals surface area contributed by atoms with Crippen molar-refractivity contribution in [2.45, 2.75) is 26.2 Å². The molecule has 0 atom stereocenters. The topological polar surface area (TPSA) is 47.3 Å². The number of hydrogen-bond donors (Lipinski definition) is 0. The third-order valence-electron chi connectivity index (χ3n) is 3.92. The van der Waals surface area contributed by atoms with Gasteiger partial charge in [-0.25, -0.2) is 0 Å². The van der Waals surface area contributed by atoms with Gasteiger partial charge in [-0.1, -0.05) is 39.0 Å². The number of rotatable bonds is 2. The molecule has 112 valence electrons. The van der Waals surface area contributed by atoms with Crippen molar-refractivity contribution in [2.24, 2.45) is 0 Å². The second-order valence-corrected chi connectivity index (χ2v) is 6.52. The van der Waals surface area contributed by atoms with Crippen molar-refractivity contribution in [1.82, 2.24) is 9.80 Å². The molecule has 0 radical (unpaired) electrons. The highest BCUT2D eigenvalue weighted by atomic mass is 16.2. The molecule has 0 spiro atoms. The lowest BCUT2D eigenvalue weighted by molar-refractivity contribution is 0.0649. The van der Waals surface area contributed by atoms with Gasteiger partial charge >= 0.3 is 0 Å². The van der Waals surface area contributed by atoms with Crippen LogP contribution in [0.3, 0.4) is 0 Å². The third-order valence-corrected chi connectivity index (χ3v) is 3.92. The molecule has 0 bridgehead atoms. The molecular weight excluding hydrogens is 262 g/mol. The number of amides is 1. The van der Waals surface area contributed by atoms with Crippen LogP contribution in [-0.4, -0.2) is 48.4 Å². The van der Waals surface area contributed by atoms with E-state index in [1.165, 1.54) is 0 Å². The van der Waals surface area contributed by atoms with Crippen molar-refractivity contribution in [2.75, 3.05) is 32.7 Å². The predicted molar refractivity (Wildman–Crippen MR) is 83.1 cm³/mol. The molecule has 1 aliphatic rings. The Kier molecular flexibility index (Phi) is 4.64. The SMILES string of the molecule is CC(C)(C)c1ccccc1C(=O)N1CCN(CC#N)CC1. The molecule has 0 aromatic heterocycles. The third kappa shape index (κ3) is 3.62. The van der Waals surface area contributed by atoms with Crippen LogP contribution in [0.5, 0.6) is 0 Å². The van der Waals surface area contributed by atoms with Gasteiger partial charge in [0.1, 0.15) is 0 Å². The van der Waals surface area contributed by atoms with Crippen LogP contribution in [0, 0.1) is 11.3 Å². The van der Waals surface area contributed by atoms with Gasteiger partial charge in [-0.3, -0.25) is 9.69 Å². The van der Waals surface area contributed by atoms with Gasteiger partial charge in [0.05, 0.1) is 12.6 Å². The maximum absolute atomic E-state index is 12.8. The molecule has 1 amide bonds. The lowest BCUT2D eigenvalue weighted by Crippen LogP contribution is -2.49. The van der Waals surface area contributed by atoms with Crippen LogP contribution in [0.4, 0.5) is 0 Å². The van der Waals surface area contributed by atoms with Crippen molar-refractivity contribution >= 4 is 5.91 Å². The van der Waals surface area contributed by atoms with Gasteiger partial charge < -0.3 is 4.90 Å². The molecule has 1 aromatic rings. The Morgan fingerprint density at radius 2 is 1.81 bits per heavy atom. The normalized spacial score (nSPS) is 16.6. The Morgan fingerprint density at radius 3 is 2.38 bits per heavy atom. The quantitative estimate of drug-likeness (QED) is 0.783. The molecular formula is C17H23N3O. The first-order valence-electron chi connectivity index (χ1n) is 7.41. The molecule has 1 heterocycles. The minimum Gasteiger partial charge on any atom is -0.336 e. The van der Waals surface area contributed by atoms with Crippen molar-refractivity contribution in [3.63, 3.8) is 0 Å². The molecule has 1 fully saturated rings. The standard InChI is InChI=1S/C17H23N3O/c1-17(2,3)15-7-5-4-6-14(15)16(21)20-12-10-19(9-8-18)11-13-20/h4-7H,9-13H2,1-3H3. The fourth-order valence-electron chi connectivity index (χ4n) is 2.70. The fourth-order valence-corrected chi connectivity index (χ4v) is 2.70. The number of carbonyl (C=O) groups is 1. The lowest BCUT2D eigenvalue weighted by atomic mass is 9.83. The molecule has 0 aliphatic carbocycles. The smallest absolute Gasteiger partial charge is 0.254 e. The highest BCUT2D eigenvalue weighted by Gasteiger charge is 2.26. The zero-order chi connectivity index (χ0) is 15.5. The molecule has 0 unspecified atom stereocenters. The Hall–Kier alpha value is -1.86. The van der Waals surface area contributed by atoms with Crippen LogP contribution in [0.2, 0.25) is 0 Å². The molecule has 4 heteroatoms. The molecule has 1 saturated heterocycles. The minimum atomic E-state index is -0.0467. The van der Waals surface area contributed by atoms with Crippen LogP contribution in [0.25, 0.3) is 0 Å². The van der Waals surface area contributed by atoms with E-state index in [4.69, 9.17) is 5.26 Å². The second kappa shape index (κ2) is 6.28. The van der Waals surface area contributed by atoms with Crippen LogP contribution < -0.4 is 0 Å². The summed E-state index contributed by atoms with van der Waals surface area (Å²) in [6.07, 6.45) is 0. The number of piperazine rings is 1. The van der Waals surface area contributed by atoms with Gasteiger partial charge in [-0.05, 0) is 17.0 Å². The Morgan fingerprint density at radius 1 is 1.19 bits per heavy atom. The van der Waals surface area contributed by atoms with Crippen LogP contribution in [-0.2, 0) is 5.41 Å². The van der Waals surface area contributed by atoms with Gasteiger partial charge in [0.25, 0.3) is 5.91 Å². The van der Waals surface area contributed by atoms with Crippen molar-refractivity contribution in [3.05, 3.63) is 35.4 Å². The maximum Gasteiger partial charge on any atom is 0.254 e. The van der Waals surface area contributed by atoms with Crippen molar-refractivity contribution in [3.8, 4) is 6.07 Å². The van der Waals surface area contributed by atoms with Crippen molar-refractivity contribution in [1.29, 1.82) is 5.26 Å². The highest BCUT2D eigenvalue weighted by Crippen LogP contribution is 2.26. The summed E-state index contributed by atoms with van der Waals surface area (Å²) in [6, 6.07) is 10.0. The van der Waals surface area contributed by atoms with Crippen LogP contribution in [0.15, 0.2) is 24.3 Å². The molecule has 0 N–H and O–H groups in total. The summed E-state index contributed by atoms with van der Waals surface area (Å²) in [5, 5.41) is 8.73. The molecule has 2 rings (SSSR count). The van der Waals surface area contributed by atoms with E-state index in [0.29, 0.717) is 19.6 Å². The molecule has 1 aliphatic heterocycles. The van der Waals surface area contributed by atoms with Gasteiger partial charge in [-0.2, -0.15) is 5.26 Å². The molecule has 1 aromatic carbocycles. The van der Waals surface area contributed by atoms with Gasteiger partial charge in [0.2, 0.25) is 0 Å². The summed E-state index contributed by atoms with van der Waals surface area (Å²) in [4.78, 5) is 16.8. The lowest BCUT2D eigenvalue weighted by Gasteiger charge is -2.34. The first kappa shape index (κ1) is 15.5. The summed E-state index contributed by atoms with van der Waals surface area (Å²) in [6.45, 7) is 9.77. The minimum absolute atomic E-state index is 0.0467. The highest BCUT2D eigenvalue weighted by molar-refractivity contribution is 5.96. The molecule has 0 saturated carbocycles. The summed E-state index contributed by atoms with van der Waals surface area (Å²) in [5.74, 6) is 0.108. The van der Waals surface area contributed by atoms with E-state index in [1.54, 1.807) is 0 Å². The van der Waals surface area contributed by atoms with Crippen LogP contribution in [0.1, 0.15) is 36.7 Å². The Balaban J connectivity index is 2.14. The molecule has 4 nitrogen and oxygen atoms in total. The summed E-state index contributed by atoms with van der Waals surface area (Å²) in [5.41, 5.74) is 1.85.